The van der Waals surface area contributed by atoms with E-state index in [1.165, 1.54) is 5.56 Å². The van der Waals surface area contributed by atoms with Crippen LogP contribution in [0.5, 0.6) is 0 Å². The Morgan fingerprint density at radius 2 is 2.30 bits per heavy atom. The van der Waals surface area contributed by atoms with Gasteiger partial charge in [-0.3, -0.25) is 4.79 Å². The Labute approximate surface area is 122 Å². The highest BCUT2D eigenvalue weighted by Gasteiger charge is 2.27. The number of hydrogen-bond acceptors (Lipinski definition) is 4. The van der Waals surface area contributed by atoms with E-state index in [2.05, 4.69) is 21.7 Å². The second-order valence-corrected chi connectivity index (χ2v) is 6.01. The molecule has 0 saturated carbocycles. The lowest BCUT2D eigenvalue weighted by Crippen LogP contribution is -2.39. The number of rotatable bonds is 3. The topological polar surface area (TPSA) is 54.0 Å². The second-order valence-electron chi connectivity index (χ2n) is 5.12. The van der Waals surface area contributed by atoms with Crippen molar-refractivity contribution >= 4 is 22.9 Å². The van der Waals surface area contributed by atoms with E-state index in [9.17, 15) is 4.79 Å². The quantitative estimate of drug-likeness (QED) is 0.912. The normalized spacial score (nSPS) is 18.2. The molecule has 20 heavy (non-hydrogen) atoms. The highest BCUT2D eigenvalue weighted by molar-refractivity contribution is 7.09. The molecule has 1 aliphatic rings. The van der Waals surface area contributed by atoms with Gasteiger partial charge in [-0.15, -0.1) is 11.3 Å². The molecule has 5 heteroatoms. The van der Waals surface area contributed by atoms with Crippen LogP contribution >= 0.6 is 11.3 Å². The first kappa shape index (κ1) is 13.1. The molecule has 0 radical (unpaired) electrons. The van der Waals surface area contributed by atoms with Gasteiger partial charge in [-0.25, -0.2) is 4.98 Å². The minimum absolute atomic E-state index is 0.0292. The van der Waals surface area contributed by atoms with Gasteiger partial charge in [0, 0.05) is 23.2 Å². The Bertz CT molecular complexity index is 613. The number of nitrogens with one attached hydrogen (secondary N) is 2. The van der Waals surface area contributed by atoms with Crippen LogP contribution in [0.1, 0.15) is 29.2 Å². The Hall–Kier alpha value is -1.88. The summed E-state index contributed by atoms with van der Waals surface area (Å²) in [6, 6.07) is 7.82. The summed E-state index contributed by atoms with van der Waals surface area (Å²) >= 11 is 1.58. The van der Waals surface area contributed by atoms with E-state index in [0.717, 1.165) is 22.8 Å². The predicted molar refractivity (Wildman–Crippen MR) is 81.0 cm³/mol. The smallest absolute Gasteiger partial charge is 0.243 e. The van der Waals surface area contributed by atoms with Crippen molar-refractivity contribution in [3.8, 4) is 0 Å². The fourth-order valence-electron chi connectivity index (χ4n) is 2.40. The molecular weight excluding hydrogens is 270 g/mol. The minimum Gasteiger partial charge on any atom is -0.373 e. The van der Waals surface area contributed by atoms with Gasteiger partial charge in [-0.2, -0.15) is 0 Å². The van der Waals surface area contributed by atoms with E-state index in [4.69, 9.17) is 0 Å². The number of hydrogen-bond donors (Lipinski definition) is 2. The maximum atomic E-state index is 12.3. The van der Waals surface area contributed by atoms with Crippen molar-refractivity contribution < 1.29 is 4.79 Å². The van der Waals surface area contributed by atoms with Crippen molar-refractivity contribution in [1.29, 1.82) is 0 Å². The summed E-state index contributed by atoms with van der Waals surface area (Å²) in [6.07, 6.45) is 0.742. The largest absolute Gasteiger partial charge is 0.373 e. The SMILES string of the molecule is Cc1csc(C(C)NC(=O)[C@@H]2Cc3ccccc3N2)n1. The fraction of sp³-hybridized carbons (Fsp3) is 0.333. The van der Waals surface area contributed by atoms with E-state index in [1.54, 1.807) is 11.3 Å². The Balaban J connectivity index is 1.64. The molecule has 0 saturated heterocycles. The second kappa shape index (κ2) is 5.25. The average Bonchev–Trinajstić information content (AvgIpc) is 3.04. The number of carbonyl (C=O) groups excluding carboxylic acids is 1. The van der Waals surface area contributed by atoms with Crippen LogP contribution in [0.2, 0.25) is 0 Å². The lowest BCUT2D eigenvalue weighted by atomic mass is 10.1. The third-order valence-corrected chi connectivity index (χ3v) is 4.60. The number of benzene rings is 1. The van der Waals surface area contributed by atoms with E-state index in [0.29, 0.717) is 0 Å². The van der Waals surface area contributed by atoms with E-state index >= 15 is 0 Å². The lowest BCUT2D eigenvalue weighted by molar-refractivity contribution is -0.122. The van der Waals surface area contributed by atoms with E-state index in [-0.39, 0.29) is 18.0 Å². The van der Waals surface area contributed by atoms with Crippen LogP contribution in [0.25, 0.3) is 0 Å². The first-order chi connectivity index (χ1) is 9.63. The van der Waals surface area contributed by atoms with Gasteiger partial charge in [0.2, 0.25) is 5.91 Å². The Kier molecular flexibility index (Phi) is 3.44. The van der Waals surface area contributed by atoms with Gasteiger partial charge in [0.15, 0.2) is 0 Å². The lowest BCUT2D eigenvalue weighted by Gasteiger charge is -2.16. The molecule has 0 fully saturated rings. The third-order valence-electron chi connectivity index (χ3n) is 3.45. The van der Waals surface area contributed by atoms with Crippen molar-refractivity contribution in [1.82, 2.24) is 10.3 Å². The van der Waals surface area contributed by atoms with Crippen molar-refractivity contribution in [3.05, 3.63) is 45.9 Å². The van der Waals surface area contributed by atoms with Crippen molar-refractivity contribution in [3.63, 3.8) is 0 Å². The number of amides is 1. The predicted octanol–water partition coefficient (Wildman–Crippen LogP) is 2.67. The molecule has 1 aromatic heterocycles. The number of aromatic nitrogens is 1. The zero-order valence-electron chi connectivity index (χ0n) is 11.5. The number of anilines is 1. The van der Waals surface area contributed by atoms with Crippen molar-refractivity contribution in [2.45, 2.75) is 32.4 Å². The standard InChI is InChI=1S/C15H17N3OS/c1-9-8-20-15(16-9)10(2)17-14(19)13-7-11-5-3-4-6-12(11)18-13/h3-6,8,10,13,18H,7H2,1-2H3,(H,17,19)/t10?,13-/m0/s1. The molecule has 0 spiro atoms. The van der Waals surface area contributed by atoms with Gasteiger partial charge in [-0.05, 0) is 25.5 Å². The fourth-order valence-corrected chi connectivity index (χ4v) is 3.21. The first-order valence-electron chi connectivity index (χ1n) is 6.70. The molecule has 104 valence electrons. The number of aryl methyl sites for hydroxylation is 1. The summed E-state index contributed by atoms with van der Waals surface area (Å²) in [5, 5.41) is 9.25. The molecule has 1 amide bonds. The van der Waals surface area contributed by atoms with Gasteiger partial charge in [0.1, 0.15) is 11.0 Å². The summed E-state index contributed by atoms with van der Waals surface area (Å²) in [4.78, 5) is 16.7. The first-order valence-corrected chi connectivity index (χ1v) is 7.58. The van der Waals surface area contributed by atoms with Gasteiger partial charge >= 0.3 is 0 Å². The van der Waals surface area contributed by atoms with Crippen molar-refractivity contribution in [2.24, 2.45) is 0 Å². The van der Waals surface area contributed by atoms with Crippen molar-refractivity contribution in [2.75, 3.05) is 5.32 Å². The van der Waals surface area contributed by atoms with Crippen LogP contribution in [0.15, 0.2) is 29.6 Å². The number of thiazole rings is 1. The maximum absolute atomic E-state index is 12.3. The number of fused-ring (bicyclic) bond motifs is 1. The molecule has 0 aliphatic carbocycles. The molecule has 2 N–H and O–H groups in total. The molecule has 2 atom stereocenters. The summed E-state index contributed by atoms with van der Waals surface area (Å²) in [5.74, 6) is 0.0292. The monoisotopic (exact) mass is 287 g/mol. The van der Waals surface area contributed by atoms with Crippen LogP contribution in [0.3, 0.4) is 0 Å². The van der Waals surface area contributed by atoms with Crippen LogP contribution in [-0.2, 0) is 11.2 Å². The highest BCUT2D eigenvalue weighted by atomic mass is 32.1. The summed E-state index contributed by atoms with van der Waals surface area (Å²) in [7, 11) is 0. The molecule has 1 aliphatic heterocycles. The van der Waals surface area contributed by atoms with Gasteiger partial charge in [0.05, 0.1) is 6.04 Å². The molecule has 2 heterocycles. The van der Waals surface area contributed by atoms with Crippen LogP contribution in [0, 0.1) is 6.92 Å². The molecule has 3 rings (SSSR count). The third kappa shape index (κ3) is 2.54. The number of nitrogens with zero attached hydrogens (tertiary/aromatic N) is 1. The summed E-state index contributed by atoms with van der Waals surface area (Å²) < 4.78 is 0. The molecular formula is C15H17N3OS. The zero-order valence-corrected chi connectivity index (χ0v) is 12.3. The highest BCUT2D eigenvalue weighted by Crippen LogP contribution is 2.26. The van der Waals surface area contributed by atoms with E-state index < -0.39 is 0 Å². The summed E-state index contributed by atoms with van der Waals surface area (Å²) in [5.41, 5.74) is 3.26. The minimum atomic E-state index is -0.184. The zero-order chi connectivity index (χ0) is 14.1. The molecule has 1 aromatic carbocycles. The summed E-state index contributed by atoms with van der Waals surface area (Å²) in [6.45, 7) is 3.93. The van der Waals surface area contributed by atoms with Crippen LogP contribution in [-0.4, -0.2) is 16.9 Å². The maximum Gasteiger partial charge on any atom is 0.243 e. The Morgan fingerprint density at radius 3 is 3.00 bits per heavy atom. The average molecular weight is 287 g/mol. The molecule has 0 bridgehead atoms. The number of para-hydroxylation sites is 1. The van der Waals surface area contributed by atoms with Crippen LogP contribution in [0.4, 0.5) is 5.69 Å². The number of carbonyl (C=O) groups is 1. The van der Waals surface area contributed by atoms with E-state index in [1.807, 2.05) is 37.4 Å². The van der Waals surface area contributed by atoms with Gasteiger partial charge < -0.3 is 10.6 Å². The van der Waals surface area contributed by atoms with Crippen LogP contribution < -0.4 is 10.6 Å². The molecule has 2 aromatic rings. The van der Waals surface area contributed by atoms with Gasteiger partial charge in [-0.1, -0.05) is 18.2 Å². The molecule has 4 nitrogen and oxygen atoms in total. The Morgan fingerprint density at radius 1 is 1.50 bits per heavy atom. The van der Waals surface area contributed by atoms with Gasteiger partial charge in [0.25, 0.3) is 0 Å². The molecule has 1 unspecified atom stereocenters.